The van der Waals surface area contributed by atoms with Crippen molar-refractivity contribution in [2.75, 3.05) is 6.54 Å². The molecule has 4 nitrogen and oxygen atoms in total. The summed E-state index contributed by atoms with van der Waals surface area (Å²) in [6.45, 7) is 5.02. The standard InChI is InChI=1S/C14H24ClN3O/c1-4-16-11-5-7-14(19,8-6-11)9-12-13(15)10(2)17-18(12)3/h11,16,19H,4-9H2,1-3H3. The van der Waals surface area contributed by atoms with Gasteiger partial charge in [-0.1, -0.05) is 18.5 Å². The van der Waals surface area contributed by atoms with Crippen LogP contribution in [-0.2, 0) is 13.5 Å². The molecule has 1 aliphatic rings. The maximum Gasteiger partial charge on any atom is 0.0848 e. The third-order valence-electron chi connectivity index (χ3n) is 4.17. The molecule has 1 aromatic heterocycles. The molecule has 1 aliphatic carbocycles. The SMILES string of the molecule is CCNC1CCC(O)(Cc2c(Cl)c(C)nn2C)CC1. The topological polar surface area (TPSA) is 50.1 Å². The molecule has 0 atom stereocenters. The number of nitrogens with one attached hydrogen (secondary N) is 1. The molecular formula is C14H24ClN3O. The summed E-state index contributed by atoms with van der Waals surface area (Å²) in [6, 6.07) is 0.550. The van der Waals surface area contributed by atoms with E-state index in [4.69, 9.17) is 11.6 Å². The van der Waals surface area contributed by atoms with Gasteiger partial charge in [-0.15, -0.1) is 0 Å². The number of rotatable bonds is 4. The highest BCUT2D eigenvalue weighted by molar-refractivity contribution is 6.31. The minimum atomic E-state index is -0.629. The Kier molecular flexibility index (Phi) is 4.54. The maximum absolute atomic E-state index is 10.7. The van der Waals surface area contributed by atoms with Gasteiger partial charge in [0.15, 0.2) is 0 Å². The first kappa shape index (κ1) is 14.8. The van der Waals surface area contributed by atoms with Crippen LogP contribution in [0.2, 0.25) is 5.02 Å². The molecule has 1 aromatic rings. The molecule has 0 aromatic carbocycles. The van der Waals surface area contributed by atoms with Crippen LogP contribution in [0, 0.1) is 6.92 Å². The summed E-state index contributed by atoms with van der Waals surface area (Å²) < 4.78 is 1.80. The minimum absolute atomic E-state index is 0.550. The number of nitrogens with zero attached hydrogens (tertiary/aromatic N) is 2. The number of aromatic nitrogens is 2. The van der Waals surface area contributed by atoms with Crippen LogP contribution in [0.3, 0.4) is 0 Å². The van der Waals surface area contributed by atoms with Gasteiger partial charge in [0.1, 0.15) is 0 Å². The summed E-state index contributed by atoms with van der Waals surface area (Å²) in [5.74, 6) is 0. The Labute approximate surface area is 120 Å². The van der Waals surface area contributed by atoms with Crippen LogP contribution in [0.5, 0.6) is 0 Å². The molecule has 0 saturated heterocycles. The summed E-state index contributed by atoms with van der Waals surface area (Å²) in [6.07, 6.45) is 4.30. The number of hydrogen-bond donors (Lipinski definition) is 2. The molecule has 0 amide bonds. The van der Waals surface area contributed by atoms with Crippen molar-refractivity contribution < 1.29 is 5.11 Å². The zero-order chi connectivity index (χ0) is 14.0. The predicted molar refractivity (Wildman–Crippen MR) is 77.5 cm³/mol. The highest BCUT2D eigenvalue weighted by Crippen LogP contribution is 2.33. The van der Waals surface area contributed by atoms with Gasteiger partial charge in [-0.05, 0) is 39.2 Å². The van der Waals surface area contributed by atoms with Crippen LogP contribution in [0.4, 0.5) is 0 Å². The minimum Gasteiger partial charge on any atom is -0.389 e. The highest BCUT2D eigenvalue weighted by Gasteiger charge is 2.34. The quantitative estimate of drug-likeness (QED) is 0.892. The number of hydrogen-bond acceptors (Lipinski definition) is 3. The second-order valence-corrected chi connectivity index (χ2v) is 6.08. The molecule has 0 aliphatic heterocycles. The Balaban J connectivity index is 2.03. The molecule has 19 heavy (non-hydrogen) atoms. The highest BCUT2D eigenvalue weighted by atomic mass is 35.5. The van der Waals surface area contributed by atoms with E-state index in [1.54, 1.807) is 4.68 Å². The van der Waals surface area contributed by atoms with E-state index in [9.17, 15) is 5.11 Å². The van der Waals surface area contributed by atoms with Crippen LogP contribution in [0.1, 0.15) is 44.0 Å². The van der Waals surface area contributed by atoms with E-state index >= 15 is 0 Å². The van der Waals surface area contributed by atoms with Crippen molar-refractivity contribution in [3.63, 3.8) is 0 Å². The van der Waals surface area contributed by atoms with Crippen molar-refractivity contribution in [3.8, 4) is 0 Å². The lowest BCUT2D eigenvalue weighted by molar-refractivity contribution is -0.00440. The number of aryl methyl sites for hydroxylation is 2. The van der Waals surface area contributed by atoms with Gasteiger partial charge in [0, 0.05) is 19.5 Å². The van der Waals surface area contributed by atoms with E-state index < -0.39 is 5.60 Å². The molecule has 0 radical (unpaired) electrons. The molecule has 0 unspecified atom stereocenters. The first-order chi connectivity index (χ1) is 8.95. The van der Waals surface area contributed by atoms with Crippen molar-refractivity contribution in [2.45, 2.75) is 57.6 Å². The van der Waals surface area contributed by atoms with Crippen LogP contribution in [-0.4, -0.2) is 33.1 Å². The van der Waals surface area contributed by atoms with Crippen molar-refractivity contribution in [1.29, 1.82) is 0 Å². The van der Waals surface area contributed by atoms with E-state index in [0.29, 0.717) is 17.5 Å². The summed E-state index contributed by atoms with van der Waals surface area (Å²) in [4.78, 5) is 0. The van der Waals surface area contributed by atoms with E-state index in [1.165, 1.54) is 0 Å². The fraction of sp³-hybridized carbons (Fsp3) is 0.786. The Morgan fingerprint density at radius 1 is 1.47 bits per heavy atom. The average Bonchev–Trinajstić information content (AvgIpc) is 2.60. The van der Waals surface area contributed by atoms with Crippen LogP contribution in [0.25, 0.3) is 0 Å². The molecular weight excluding hydrogens is 262 g/mol. The summed E-state index contributed by atoms with van der Waals surface area (Å²) in [5, 5.41) is 19.2. The third-order valence-corrected chi connectivity index (χ3v) is 4.66. The van der Waals surface area contributed by atoms with Gasteiger partial charge in [0.2, 0.25) is 0 Å². The predicted octanol–water partition coefficient (Wildman–Crippen LogP) is 2.21. The zero-order valence-electron chi connectivity index (χ0n) is 12.0. The first-order valence-corrected chi connectivity index (χ1v) is 7.47. The molecule has 1 fully saturated rings. The molecule has 2 rings (SSSR count). The van der Waals surface area contributed by atoms with Crippen molar-refractivity contribution in [1.82, 2.24) is 15.1 Å². The van der Waals surface area contributed by atoms with E-state index in [-0.39, 0.29) is 0 Å². The molecule has 1 heterocycles. The van der Waals surface area contributed by atoms with Gasteiger partial charge in [0.25, 0.3) is 0 Å². The lowest BCUT2D eigenvalue weighted by Crippen LogP contribution is -2.42. The Morgan fingerprint density at radius 3 is 2.58 bits per heavy atom. The van der Waals surface area contributed by atoms with Gasteiger partial charge in [-0.3, -0.25) is 4.68 Å². The third kappa shape index (κ3) is 3.30. The van der Waals surface area contributed by atoms with E-state index in [1.807, 2.05) is 14.0 Å². The number of halogens is 1. The Bertz CT molecular complexity index is 436. The largest absolute Gasteiger partial charge is 0.389 e. The van der Waals surface area contributed by atoms with Crippen molar-refractivity contribution in [3.05, 3.63) is 16.4 Å². The molecule has 1 saturated carbocycles. The Hall–Kier alpha value is -0.580. The van der Waals surface area contributed by atoms with Gasteiger partial charge >= 0.3 is 0 Å². The molecule has 5 heteroatoms. The maximum atomic E-state index is 10.7. The first-order valence-electron chi connectivity index (χ1n) is 7.09. The molecule has 108 valence electrons. The van der Waals surface area contributed by atoms with Crippen LogP contribution >= 0.6 is 11.6 Å². The van der Waals surface area contributed by atoms with E-state index in [0.717, 1.165) is 43.6 Å². The number of aliphatic hydroxyl groups is 1. The second kappa shape index (κ2) is 5.81. The lowest BCUT2D eigenvalue weighted by Gasteiger charge is -2.36. The molecule has 0 bridgehead atoms. The second-order valence-electron chi connectivity index (χ2n) is 5.70. The zero-order valence-corrected chi connectivity index (χ0v) is 12.8. The summed E-state index contributed by atoms with van der Waals surface area (Å²) >= 11 is 6.27. The monoisotopic (exact) mass is 285 g/mol. The Morgan fingerprint density at radius 2 is 2.11 bits per heavy atom. The van der Waals surface area contributed by atoms with Gasteiger partial charge in [0.05, 0.1) is 22.0 Å². The van der Waals surface area contributed by atoms with Crippen molar-refractivity contribution >= 4 is 11.6 Å². The fourth-order valence-corrected chi connectivity index (χ4v) is 3.24. The van der Waals surface area contributed by atoms with E-state index in [2.05, 4.69) is 17.3 Å². The van der Waals surface area contributed by atoms with Gasteiger partial charge in [-0.25, -0.2) is 0 Å². The normalized spacial score (nSPS) is 27.7. The van der Waals surface area contributed by atoms with Crippen molar-refractivity contribution in [2.24, 2.45) is 7.05 Å². The van der Waals surface area contributed by atoms with Crippen LogP contribution < -0.4 is 5.32 Å². The lowest BCUT2D eigenvalue weighted by atomic mass is 9.79. The molecule has 0 spiro atoms. The fourth-order valence-electron chi connectivity index (χ4n) is 3.01. The average molecular weight is 286 g/mol. The summed E-state index contributed by atoms with van der Waals surface area (Å²) in [5.41, 5.74) is 1.16. The van der Waals surface area contributed by atoms with Gasteiger partial charge < -0.3 is 10.4 Å². The molecule has 2 N–H and O–H groups in total. The van der Waals surface area contributed by atoms with Gasteiger partial charge in [-0.2, -0.15) is 5.10 Å². The summed E-state index contributed by atoms with van der Waals surface area (Å²) in [7, 11) is 1.89. The smallest absolute Gasteiger partial charge is 0.0848 e. The van der Waals surface area contributed by atoms with Crippen LogP contribution in [0.15, 0.2) is 0 Å².